The number of H-pyrrole nitrogens is 1. The molecule has 0 radical (unpaired) electrons. The molecule has 2 N–H and O–H groups in total. The average Bonchev–Trinajstić information content (AvgIpc) is 2.65. The maximum Gasteiger partial charge on any atom is 0.258 e. The molecule has 0 saturated carbocycles. The highest BCUT2D eigenvalue weighted by Crippen LogP contribution is 2.24. The Bertz CT molecular complexity index is 652. The lowest BCUT2D eigenvalue weighted by atomic mass is 10.2. The first kappa shape index (κ1) is 15.5. The Morgan fingerprint density at radius 1 is 1.26 bits per heavy atom. The van der Waals surface area contributed by atoms with Crippen molar-refractivity contribution in [1.29, 1.82) is 0 Å². The molecule has 0 aliphatic carbocycles. The van der Waals surface area contributed by atoms with E-state index in [4.69, 9.17) is 0 Å². The summed E-state index contributed by atoms with van der Waals surface area (Å²) in [4.78, 5) is 12.3. The standard InChI is InChI=1S/C12H10I3N3O/c1-5-6(2)17-18-11(5)16-12(19)8-3-7(13)4-9(14)10(8)15/h3-4H,1-2H3,(H2,16,17,18,19). The summed E-state index contributed by atoms with van der Waals surface area (Å²) in [5, 5.41) is 9.80. The fourth-order valence-electron chi connectivity index (χ4n) is 1.50. The number of amides is 1. The van der Waals surface area contributed by atoms with Gasteiger partial charge >= 0.3 is 0 Å². The monoisotopic (exact) mass is 593 g/mol. The van der Waals surface area contributed by atoms with Crippen LogP contribution in [0, 0.1) is 24.6 Å². The largest absolute Gasteiger partial charge is 0.305 e. The molecule has 0 atom stereocenters. The molecule has 1 aromatic carbocycles. The van der Waals surface area contributed by atoms with Crippen molar-refractivity contribution < 1.29 is 4.79 Å². The SMILES string of the molecule is Cc1[nH]nc(NC(=O)c2cc(I)cc(I)c2I)c1C. The number of carbonyl (C=O) groups is 1. The molecule has 19 heavy (non-hydrogen) atoms. The number of aromatic amines is 1. The normalized spacial score (nSPS) is 10.6. The van der Waals surface area contributed by atoms with Gasteiger partial charge in [-0.15, -0.1) is 0 Å². The Morgan fingerprint density at radius 3 is 2.53 bits per heavy atom. The molecule has 0 spiro atoms. The van der Waals surface area contributed by atoms with E-state index in [2.05, 4.69) is 83.3 Å². The van der Waals surface area contributed by atoms with E-state index in [-0.39, 0.29) is 5.91 Å². The molecule has 100 valence electrons. The number of anilines is 1. The third-order valence-corrected chi connectivity index (χ3v) is 6.39. The van der Waals surface area contributed by atoms with Crippen molar-refractivity contribution in [2.45, 2.75) is 13.8 Å². The van der Waals surface area contributed by atoms with E-state index in [1.54, 1.807) is 0 Å². The Balaban J connectivity index is 2.33. The quantitative estimate of drug-likeness (QED) is 0.408. The summed E-state index contributed by atoms with van der Waals surface area (Å²) in [7, 11) is 0. The minimum Gasteiger partial charge on any atom is -0.305 e. The molecular weight excluding hydrogens is 583 g/mol. The number of hydrogen-bond donors (Lipinski definition) is 2. The summed E-state index contributed by atoms with van der Waals surface area (Å²) in [5.74, 6) is 0.461. The van der Waals surface area contributed by atoms with E-state index in [9.17, 15) is 4.79 Å². The van der Waals surface area contributed by atoms with E-state index in [1.807, 2.05) is 26.0 Å². The number of halogens is 3. The molecule has 0 bridgehead atoms. The van der Waals surface area contributed by atoms with Crippen LogP contribution in [0.25, 0.3) is 0 Å². The molecule has 4 nitrogen and oxygen atoms in total. The van der Waals surface area contributed by atoms with E-state index >= 15 is 0 Å². The van der Waals surface area contributed by atoms with E-state index in [0.717, 1.165) is 22.0 Å². The van der Waals surface area contributed by atoms with Crippen molar-refractivity contribution >= 4 is 79.5 Å². The second-order valence-corrected chi connectivity index (χ2v) is 7.51. The van der Waals surface area contributed by atoms with Gasteiger partial charge in [0.25, 0.3) is 5.91 Å². The summed E-state index contributed by atoms with van der Waals surface area (Å²) in [6.45, 7) is 3.86. The molecule has 0 fully saturated rings. The molecule has 7 heteroatoms. The number of benzene rings is 1. The predicted octanol–water partition coefficient (Wildman–Crippen LogP) is 4.09. The van der Waals surface area contributed by atoms with E-state index in [0.29, 0.717) is 11.4 Å². The number of nitrogens with zero attached hydrogens (tertiary/aromatic N) is 1. The first-order valence-corrected chi connectivity index (χ1v) is 8.61. The molecule has 1 heterocycles. The number of carbonyl (C=O) groups excluding carboxylic acids is 1. The number of hydrogen-bond acceptors (Lipinski definition) is 2. The molecule has 0 aliphatic rings. The highest BCUT2D eigenvalue weighted by Gasteiger charge is 2.16. The van der Waals surface area contributed by atoms with Gasteiger partial charge in [-0.3, -0.25) is 9.89 Å². The van der Waals surface area contributed by atoms with E-state index in [1.165, 1.54) is 0 Å². The van der Waals surface area contributed by atoms with Gasteiger partial charge in [0.15, 0.2) is 5.82 Å². The van der Waals surface area contributed by atoms with Crippen molar-refractivity contribution in [2.75, 3.05) is 5.32 Å². The summed E-state index contributed by atoms with van der Waals surface area (Å²) < 4.78 is 3.08. The smallest absolute Gasteiger partial charge is 0.258 e. The highest BCUT2D eigenvalue weighted by atomic mass is 127. The van der Waals surface area contributed by atoms with Crippen LogP contribution in [0.1, 0.15) is 21.6 Å². The van der Waals surface area contributed by atoms with Crippen molar-refractivity contribution in [2.24, 2.45) is 0 Å². The molecule has 0 saturated heterocycles. The van der Waals surface area contributed by atoms with Crippen molar-refractivity contribution in [3.05, 3.63) is 39.7 Å². The van der Waals surface area contributed by atoms with Gasteiger partial charge in [-0.25, -0.2) is 0 Å². The van der Waals surface area contributed by atoms with Crippen LogP contribution in [0.2, 0.25) is 0 Å². The van der Waals surface area contributed by atoms with Crippen molar-refractivity contribution in [1.82, 2.24) is 10.2 Å². The second kappa shape index (κ2) is 6.24. The third kappa shape index (κ3) is 3.40. The molecule has 2 rings (SSSR count). The van der Waals surface area contributed by atoms with Crippen LogP contribution in [-0.4, -0.2) is 16.1 Å². The number of nitrogens with one attached hydrogen (secondary N) is 2. The lowest BCUT2D eigenvalue weighted by Crippen LogP contribution is -2.15. The fourth-order valence-corrected chi connectivity index (χ4v) is 3.90. The Kier molecular flexibility index (Phi) is 5.09. The molecule has 2 aromatic rings. The molecule has 1 aromatic heterocycles. The first-order chi connectivity index (χ1) is 8.90. The lowest BCUT2D eigenvalue weighted by molar-refractivity contribution is 0.102. The van der Waals surface area contributed by atoms with Crippen LogP contribution in [0.15, 0.2) is 12.1 Å². The number of rotatable bonds is 2. The van der Waals surface area contributed by atoms with Crippen LogP contribution in [0.5, 0.6) is 0 Å². The summed E-state index contributed by atoms with van der Waals surface area (Å²) in [5.41, 5.74) is 2.60. The summed E-state index contributed by atoms with van der Waals surface area (Å²) >= 11 is 6.64. The number of aryl methyl sites for hydroxylation is 1. The van der Waals surface area contributed by atoms with Gasteiger partial charge in [-0.1, -0.05) is 0 Å². The maximum absolute atomic E-state index is 12.3. The zero-order valence-electron chi connectivity index (χ0n) is 10.1. The van der Waals surface area contributed by atoms with Gasteiger partial charge in [-0.05, 0) is 93.8 Å². The van der Waals surface area contributed by atoms with Crippen molar-refractivity contribution in [3.8, 4) is 0 Å². The molecule has 1 amide bonds. The van der Waals surface area contributed by atoms with Gasteiger partial charge in [0.05, 0.1) is 5.56 Å². The van der Waals surface area contributed by atoms with Gasteiger partial charge in [0, 0.05) is 22.0 Å². The lowest BCUT2D eigenvalue weighted by Gasteiger charge is -2.08. The van der Waals surface area contributed by atoms with E-state index < -0.39 is 0 Å². The van der Waals surface area contributed by atoms with Crippen LogP contribution >= 0.6 is 67.8 Å². The van der Waals surface area contributed by atoms with Crippen LogP contribution < -0.4 is 5.32 Å². The second-order valence-electron chi connectivity index (χ2n) is 4.03. The molecular formula is C12H10I3N3O. The molecule has 0 aliphatic heterocycles. The number of aromatic nitrogens is 2. The van der Waals surface area contributed by atoms with Gasteiger partial charge in [0.2, 0.25) is 0 Å². The Hall–Kier alpha value is 0.0900. The van der Waals surface area contributed by atoms with Crippen molar-refractivity contribution in [3.63, 3.8) is 0 Å². The van der Waals surface area contributed by atoms with Gasteiger partial charge < -0.3 is 5.32 Å². The third-order valence-electron chi connectivity index (χ3n) is 2.72. The van der Waals surface area contributed by atoms with Crippen LogP contribution in [0.3, 0.4) is 0 Å². The fraction of sp³-hybridized carbons (Fsp3) is 0.167. The Labute approximate surface area is 151 Å². The summed E-state index contributed by atoms with van der Waals surface area (Å²) in [6.07, 6.45) is 0. The Morgan fingerprint density at radius 2 is 1.95 bits per heavy atom. The first-order valence-electron chi connectivity index (χ1n) is 5.37. The predicted molar refractivity (Wildman–Crippen MR) is 101 cm³/mol. The topological polar surface area (TPSA) is 57.8 Å². The zero-order chi connectivity index (χ0) is 14.2. The highest BCUT2D eigenvalue weighted by molar-refractivity contribution is 14.1. The summed E-state index contributed by atoms with van der Waals surface area (Å²) in [6, 6.07) is 3.93. The molecule has 0 unspecified atom stereocenters. The van der Waals surface area contributed by atoms with Gasteiger partial charge in [-0.2, -0.15) is 5.10 Å². The van der Waals surface area contributed by atoms with Crippen LogP contribution in [0.4, 0.5) is 5.82 Å². The van der Waals surface area contributed by atoms with Gasteiger partial charge in [0.1, 0.15) is 0 Å². The minimum absolute atomic E-state index is 0.129. The minimum atomic E-state index is -0.129. The maximum atomic E-state index is 12.3. The van der Waals surface area contributed by atoms with Crippen LogP contribution in [-0.2, 0) is 0 Å². The zero-order valence-corrected chi connectivity index (χ0v) is 16.6. The average molecular weight is 593 g/mol.